The predicted molar refractivity (Wildman–Crippen MR) is 60.9 cm³/mol. The number of hydrogen-bond acceptors (Lipinski definition) is 3. The van der Waals surface area contributed by atoms with Gasteiger partial charge in [0.2, 0.25) is 0 Å². The Labute approximate surface area is 96.7 Å². The first kappa shape index (κ1) is 11.7. The van der Waals surface area contributed by atoms with Crippen molar-refractivity contribution in [1.82, 2.24) is 15.3 Å². The molecule has 1 saturated carbocycles. The number of hydroxylamine groups is 1. The van der Waals surface area contributed by atoms with Gasteiger partial charge in [0.05, 0.1) is 6.61 Å². The fraction of sp³-hybridized carbons (Fsp3) is 0.909. The number of urea groups is 1. The fourth-order valence-corrected chi connectivity index (χ4v) is 1.84. The van der Waals surface area contributed by atoms with Crippen LogP contribution in [0.15, 0.2) is 0 Å². The molecule has 5 heteroatoms. The highest BCUT2D eigenvalue weighted by Gasteiger charge is 2.23. The standard InChI is InChI=1S/C11H21N3O2/c1-2-13-5-7-14(8-6-13)11(15)12-16-9-10-3-4-10/h10H,2-9H2,1H3,(H,12,15). The van der Waals surface area contributed by atoms with Crippen LogP contribution in [0.1, 0.15) is 19.8 Å². The van der Waals surface area contributed by atoms with Crippen LogP contribution >= 0.6 is 0 Å². The Bertz CT molecular complexity index is 235. The molecule has 5 nitrogen and oxygen atoms in total. The van der Waals surface area contributed by atoms with Gasteiger partial charge in [-0.3, -0.25) is 4.84 Å². The number of likely N-dealkylation sites (N-methyl/N-ethyl adjacent to an activating group) is 1. The fourth-order valence-electron chi connectivity index (χ4n) is 1.84. The number of piperazine rings is 1. The number of nitrogens with zero attached hydrogens (tertiary/aromatic N) is 2. The van der Waals surface area contributed by atoms with Gasteiger partial charge in [0.15, 0.2) is 0 Å². The van der Waals surface area contributed by atoms with E-state index in [1.807, 2.05) is 4.90 Å². The molecule has 1 saturated heterocycles. The maximum Gasteiger partial charge on any atom is 0.341 e. The van der Waals surface area contributed by atoms with Crippen molar-refractivity contribution in [2.75, 3.05) is 39.3 Å². The third-order valence-corrected chi connectivity index (χ3v) is 3.28. The molecule has 1 heterocycles. The van der Waals surface area contributed by atoms with E-state index in [0.717, 1.165) is 32.7 Å². The molecule has 1 aliphatic heterocycles. The molecule has 2 amide bonds. The molecule has 0 aromatic carbocycles. The highest BCUT2D eigenvalue weighted by atomic mass is 16.7. The molecule has 2 fully saturated rings. The van der Waals surface area contributed by atoms with Crippen LogP contribution in [0.25, 0.3) is 0 Å². The van der Waals surface area contributed by atoms with Crippen molar-refractivity contribution in [3.05, 3.63) is 0 Å². The van der Waals surface area contributed by atoms with Gasteiger partial charge >= 0.3 is 6.03 Å². The first-order valence-corrected chi connectivity index (χ1v) is 6.18. The number of hydrogen-bond donors (Lipinski definition) is 1. The van der Waals surface area contributed by atoms with Gasteiger partial charge < -0.3 is 9.80 Å². The lowest BCUT2D eigenvalue weighted by molar-refractivity contribution is 0.0350. The Morgan fingerprint density at radius 2 is 2.00 bits per heavy atom. The number of nitrogens with one attached hydrogen (secondary N) is 1. The smallest absolute Gasteiger partial charge is 0.320 e. The summed E-state index contributed by atoms with van der Waals surface area (Å²) in [6.07, 6.45) is 2.48. The number of rotatable bonds is 4. The van der Waals surface area contributed by atoms with Crippen molar-refractivity contribution in [3.8, 4) is 0 Å². The molecule has 2 aliphatic rings. The summed E-state index contributed by atoms with van der Waals surface area (Å²) in [5.74, 6) is 0.678. The number of carbonyl (C=O) groups excluding carboxylic acids is 1. The molecule has 0 aromatic rings. The molecular weight excluding hydrogens is 206 g/mol. The molecule has 1 N–H and O–H groups in total. The summed E-state index contributed by atoms with van der Waals surface area (Å²) >= 11 is 0. The summed E-state index contributed by atoms with van der Waals surface area (Å²) in [4.78, 5) is 21.0. The minimum atomic E-state index is -0.0867. The van der Waals surface area contributed by atoms with Crippen molar-refractivity contribution in [3.63, 3.8) is 0 Å². The zero-order valence-electron chi connectivity index (χ0n) is 9.95. The van der Waals surface area contributed by atoms with Crippen molar-refractivity contribution >= 4 is 6.03 Å². The Morgan fingerprint density at radius 3 is 2.56 bits per heavy atom. The van der Waals surface area contributed by atoms with Gasteiger partial charge in [0, 0.05) is 26.2 Å². The highest BCUT2D eigenvalue weighted by molar-refractivity contribution is 5.73. The second kappa shape index (κ2) is 5.50. The summed E-state index contributed by atoms with van der Waals surface area (Å²) in [7, 11) is 0. The quantitative estimate of drug-likeness (QED) is 0.718. The monoisotopic (exact) mass is 227 g/mol. The average molecular weight is 227 g/mol. The minimum absolute atomic E-state index is 0.0867. The van der Waals surface area contributed by atoms with Crippen LogP contribution in [0.5, 0.6) is 0 Å². The van der Waals surface area contributed by atoms with Crippen LogP contribution < -0.4 is 5.48 Å². The van der Waals surface area contributed by atoms with Crippen LogP contribution in [0, 0.1) is 5.92 Å². The van der Waals surface area contributed by atoms with Crippen molar-refractivity contribution < 1.29 is 9.63 Å². The summed E-state index contributed by atoms with van der Waals surface area (Å²) in [6, 6.07) is -0.0867. The van der Waals surface area contributed by atoms with Gasteiger partial charge in [-0.05, 0) is 25.3 Å². The maximum absolute atomic E-state index is 11.7. The predicted octanol–water partition coefficient (Wildman–Crippen LogP) is 0.675. The van der Waals surface area contributed by atoms with Crippen molar-refractivity contribution in [2.45, 2.75) is 19.8 Å². The summed E-state index contributed by atoms with van der Waals surface area (Å²) < 4.78 is 0. The van der Waals surface area contributed by atoms with Gasteiger partial charge in [-0.2, -0.15) is 0 Å². The SMILES string of the molecule is CCN1CCN(C(=O)NOCC2CC2)CC1. The average Bonchev–Trinajstić information content (AvgIpc) is 3.13. The zero-order valence-corrected chi connectivity index (χ0v) is 9.95. The summed E-state index contributed by atoms with van der Waals surface area (Å²) in [5, 5.41) is 0. The van der Waals surface area contributed by atoms with E-state index in [-0.39, 0.29) is 6.03 Å². The van der Waals surface area contributed by atoms with E-state index < -0.39 is 0 Å². The van der Waals surface area contributed by atoms with Gasteiger partial charge in [0.1, 0.15) is 0 Å². The Morgan fingerprint density at radius 1 is 1.31 bits per heavy atom. The molecule has 92 valence electrons. The topological polar surface area (TPSA) is 44.8 Å². The summed E-state index contributed by atoms with van der Waals surface area (Å²) in [5.41, 5.74) is 2.53. The van der Waals surface area contributed by atoms with Crippen LogP contribution in [0.2, 0.25) is 0 Å². The van der Waals surface area contributed by atoms with Crippen LogP contribution in [0.4, 0.5) is 4.79 Å². The first-order chi connectivity index (χ1) is 7.79. The minimum Gasteiger partial charge on any atom is -0.320 e. The molecule has 0 aromatic heterocycles. The molecule has 0 bridgehead atoms. The third kappa shape index (κ3) is 3.35. The van der Waals surface area contributed by atoms with Crippen LogP contribution in [0.3, 0.4) is 0 Å². The van der Waals surface area contributed by atoms with E-state index >= 15 is 0 Å². The normalized spacial score (nSPS) is 22.2. The first-order valence-electron chi connectivity index (χ1n) is 6.18. The third-order valence-electron chi connectivity index (χ3n) is 3.28. The second-order valence-electron chi connectivity index (χ2n) is 4.58. The molecule has 1 aliphatic carbocycles. The van der Waals surface area contributed by atoms with E-state index in [1.165, 1.54) is 12.8 Å². The molecule has 0 radical (unpaired) electrons. The van der Waals surface area contributed by atoms with E-state index in [2.05, 4.69) is 17.3 Å². The molecule has 0 spiro atoms. The molecule has 0 atom stereocenters. The largest absolute Gasteiger partial charge is 0.341 e. The van der Waals surface area contributed by atoms with Gasteiger partial charge in [0.25, 0.3) is 0 Å². The lowest BCUT2D eigenvalue weighted by Crippen LogP contribution is -2.51. The lowest BCUT2D eigenvalue weighted by atomic mass is 10.3. The lowest BCUT2D eigenvalue weighted by Gasteiger charge is -2.33. The van der Waals surface area contributed by atoms with E-state index in [0.29, 0.717) is 12.5 Å². The van der Waals surface area contributed by atoms with E-state index in [1.54, 1.807) is 0 Å². The molecular formula is C11H21N3O2. The van der Waals surface area contributed by atoms with Crippen molar-refractivity contribution in [2.24, 2.45) is 5.92 Å². The Kier molecular flexibility index (Phi) is 4.01. The van der Waals surface area contributed by atoms with Crippen LogP contribution in [-0.2, 0) is 4.84 Å². The van der Waals surface area contributed by atoms with Gasteiger partial charge in [-0.25, -0.2) is 10.3 Å². The number of carbonyl (C=O) groups is 1. The highest BCUT2D eigenvalue weighted by Crippen LogP contribution is 2.28. The zero-order chi connectivity index (χ0) is 11.4. The van der Waals surface area contributed by atoms with Gasteiger partial charge in [-0.1, -0.05) is 6.92 Å². The number of amides is 2. The second-order valence-corrected chi connectivity index (χ2v) is 4.58. The Balaban J connectivity index is 1.61. The van der Waals surface area contributed by atoms with Gasteiger partial charge in [-0.15, -0.1) is 0 Å². The molecule has 0 unspecified atom stereocenters. The van der Waals surface area contributed by atoms with E-state index in [9.17, 15) is 4.79 Å². The Hall–Kier alpha value is -0.810. The van der Waals surface area contributed by atoms with Crippen LogP contribution in [-0.4, -0.2) is 55.2 Å². The molecule has 16 heavy (non-hydrogen) atoms. The van der Waals surface area contributed by atoms with E-state index in [4.69, 9.17) is 4.84 Å². The summed E-state index contributed by atoms with van der Waals surface area (Å²) in [6.45, 7) is 7.40. The molecule has 2 rings (SSSR count). The van der Waals surface area contributed by atoms with Crippen molar-refractivity contribution in [1.29, 1.82) is 0 Å². The maximum atomic E-state index is 11.7.